The van der Waals surface area contributed by atoms with E-state index >= 15 is 0 Å². The van der Waals surface area contributed by atoms with Crippen LogP contribution in [0.25, 0.3) is 0 Å². The van der Waals surface area contributed by atoms with E-state index in [1.807, 2.05) is 13.8 Å². The lowest BCUT2D eigenvalue weighted by atomic mass is 10.2. The average Bonchev–Trinajstić information content (AvgIpc) is 2.02. The zero-order valence-electron chi connectivity index (χ0n) is 8.66. The molecule has 0 saturated carbocycles. The molecule has 3 nitrogen and oxygen atoms in total. The molecule has 0 bridgehead atoms. The Hall–Kier alpha value is -1.12. The first-order valence-electron chi connectivity index (χ1n) is 4.52. The highest BCUT2D eigenvalue weighted by atomic mass is 16.5. The van der Waals surface area contributed by atoms with Crippen molar-refractivity contribution >= 4 is 0 Å². The van der Waals surface area contributed by atoms with E-state index in [9.17, 15) is 0 Å². The van der Waals surface area contributed by atoms with Crippen LogP contribution in [0.15, 0.2) is 6.20 Å². The van der Waals surface area contributed by atoms with Crippen LogP contribution in [0.2, 0.25) is 0 Å². The van der Waals surface area contributed by atoms with E-state index in [1.165, 1.54) is 0 Å². The normalized spacial score (nSPS) is 10.5. The molecule has 0 fully saturated rings. The monoisotopic (exact) mass is 180 g/mol. The van der Waals surface area contributed by atoms with Crippen LogP contribution in [-0.2, 0) is 0 Å². The first kappa shape index (κ1) is 9.96. The van der Waals surface area contributed by atoms with Crippen LogP contribution in [0.4, 0.5) is 0 Å². The molecular weight excluding hydrogens is 164 g/mol. The topological polar surface area (TPSA) is 35.0 Å². The molecule has 0 N–H and O–H groups in total. The lowest BCUT2D eigenvalue weighted by Crippen LogP contribution is -2.07. The molecule has 0 amide bonds. The maximum absolute atomic E-state index is 5.48. The molecule has 0 aliphatic carbocycles. The Labute approximate surface area is 79.2 Å². The molecule has 0 saturated heterocycles. The van der Waals surface area contributed by atoms with Gasteiger partial charge < -0.3 is 4.74 Å². The molecule has 0 unspecified atom stereocenters. The third-order valence-electron chi connectivity index (χ3n) is 1.58. The third-order valence-corrected chi connectivity index (χ3v) is 1.58. The average molecular weight is 180 g/mol. The van der Waals surface area contributed by atoms with Crippen LogP contribution in [-0.4, -0.2) is 16.6 Å². The summed E-state index contributed by atoms with van der Waals surface area (Å²) in [6.45, 7) is 8.74. The van der Waals surface area contributed by atoms with Gasteiger partial charge in [0, 0.05) is 0 Å². The smallest absolute Gasteiger partial charge is 0.235 e. The van der Waals surface area contributed by atoms with E-state index < -0.39 is 0 Å². The highest BCUT2D eigenvalue weighted by Gasteiger charge is 2.03. The van der Waals surface area contributed by atoms with Gasteiger partial charge in [-0.1, -0.05) is 13.8 Å². The van der Waals surface area contributed by atoms with Crippen molar-refractivity contribution in [1.82, 2.24) is 9.97 Å². The Bertz CT molecular complexity index is 284. The number of aryl methyl sites for hydroxylation is 2. The van der Waals surface area contributed by atoms with Gasteiger partial charge in [-0.2, -0.15) is 0 Å². The molecule has 1 heterocycles. The molecule has 1 rings (SSSR count). The Morgan fingerprint density at radius 2 is 2.08 bits per heavy atom. The lowest BCUT2D eigenvalue weighted by molar-refractivity contribution is 0.258. The maximum atomic E-state index is 5.48. The zero-order chi connectivity index (χ0) is 9.84. The van der Waals surface area contributed by atoms with Gasteiger partial charge in [0.15, 0.2) is 0 Å². The Morgan fingerprint density at radius 3 is 2.62 bits per heavy atom. The van der Waals surface area contributed by atoms with Crippen molar-refractivity contribution in [3.05, 3.63) is 17.6 Å². The summed E-state index contributed by atoms with van der Waals surface area (Å²) in [6.07, 6.45) is 1.72. The van der Waals surface area contributed by atoms with Crippen LogP contribution in [0.1, 0.15) is 25.2 Å². The van der Waals surface area contributed by atoms with E-state index in [-0.39, 0.29) is 0 Å². The molecule has 0 aliphatic rings. The van der Waals surface area contributed by atoms with Gasteiger partial charge in [-0.3, -0.25) is 4.98 Å². The summed E-state index contributed by atoms with van der Waals surface area (Å²) in [6, 6.07) is 0. The largest absolute Gasteiger partial charge is 0.476 e. The molecule has 0 aromatic carbocycles. The van der Waals surface area contributed by atoms with Gasteiger partial charge in [0.2, 0.25) is 5.88 Å². The van der Waals surface area contributed by atoms with Crippen molar-refractivity contribution in [2.75, 3.05) is 6.61 Å². The van der Waals surface area contributed by atoms with Gasteiger partial charge in [-0.25, -0.2) is 4.98 Å². The molecule has 0 radical (unpaired) electrons. The highest BCUT2D eigenvalue weighted by Crippen LogP contribution is 2.11. The molecular formula is C10H16N2O. The van der Waals surface area contributed by atoms with Crippen LogP contribution < -0.4 is 4.74 Å². The Kier molecular flexibility index (Phi) is 3.23. The highest BCUT2D eigenvalue weighted by molar-refractivity contribution is 5.17. The van der Waals surface area contributed by atoms with Gasteiger partial charge in [-0.15, -0.1) is 0 Å². The summed E-state index contributed by atoms with van der Waals surface area (Å²) >= 11 is 0. The van der Waals surface area contributed by atoms with Gasteiger partial charge in [0.05, 0.1) is 24.2 Å². The molecule has 1 aromatic rings. The van der Waals surface area contributed by atoms with Crippen LogP contribution in [0.5, 0.6) is 5.88 Å². The van der Waals surface area contributed by atoms with Crippen molar-refractivity contribution in [1.29, 1.82) is 0 Å². The van der Waals surface area contributed by atoms with Crippen molar-refractivity contribution in [2.45, 2.75) is 27.7 Å². The first-order chi connectivity index (χ1) is 6.09. The summed E-state index contributed by atoms with van der Waals surface area (Å²) in [5.41, 5.74) is 1.79. The molecule has 1 aromatic heterocycles. The van der Waals surface area contributed by atoms with E-state index in [4.69, 9.17) is 4.74 Å². The van der Waals surface area contributed by atoms with E-state index in [2.05, 4.69) is 23.8 Å². The van der Waals surface area contributed by atoms with Crippen molar-refractivity contribution < 1.29 is 4.74 Å². The predicted octanol–water partition coefficient (Wildman–Crippen LogP) is 2.13. The second-order valence-corrected chi connectivity index (χ2v) is 3.61. The van der Waals surface area contributed by atoms with E-state index in [0.717, 1.165) is 11.4 Å². The van der Waals surface area contributed by atoms with E-state index in [0.29, 0.717) is 18.4 Å². The van der Waals surface area contributed by atoms with Crippen molar-refractivity contribution in [2.24, 2.45) is 5.92 Å². The predicted molar refractivity (Wildman–Crippen MR) is 51.8 cm³/mol. The summed E-state index contributed by atoms with van der Waals surface area (Å²) in [5, 5.41) is 0. The second kappa shape index (κ2) is 4.21. The fraction of sp³-hybridized carbons (Fsp3) is 0.600. The van der Waals surface area contributed by atoms with Gasteiger partial charge >= 0.3 is 0 Å². The first-order valence-corrected chi connectivity index (χ1v) is 4.52. The van der Waals surface area contributed by atoms with Crippen molar-refractivity contribution in [3.63, 3.8) is 0 Å². The third kappa shape index (κ3) is 3.01. The molecule has 0 aliphatic heterocycles. The number of ether oxygens (including phenoxy) is 1. The zero-order valence-corrected chi connectivity index (χ0v) is 8.66. The number of hydrogen-bond donors (Lipinski definition) is 0. The standard InChI is InChI=1S/C10H16N2O/c1-7(2)6-13-10-9(4)12-8(3)5-11-10/h5,7H,6H2,1-4H3. The maximum Gasteiger partial charge on any atom is 0.235 e. The van der Waals surface area contributed by atoms with Crippen LogP contribution >= 0.6 is 0 Å². The number of hydrogen-bond acceptors (Lipinski definition) is 3. The summed E-state index contributed by atoms with van der Waals surface area (Å²) in [5.74, 6) is 1.17. The van der Waals surface area contributed by atoms with Gasteiger partial charge in [0.25, 0.3) is 0 Å². The molecule has 72 valence electrons. The number of rotatable bonds is 3. The molecule has 0 spiro atoms. The number of nitrogens with zero attached hydrogens (tertiary/aromatic N) is 2. The molecule has 13 heavy (non-hydrogen) atoms. The van der Waals surface area contributed by atoms with Crippen molar-refractivity contribution in [3.8, 4) is 5.88 Å². The van der Waals surface area contributed by atoms with Crippen LogP contribution in [0.3, 0.4) is 0 Å². The lowest BCUT2D eigenvalue weighted by Gasteiger charge is -2.09. The van der Waals surface area contributed by atoms with E-state index in [1.54, 1.807) is 6.20 Å². The SMILES string of the molecule is Cc1cnc(OCC(C)C)c(C)n1. The number of aromatic nitrogens is 2. The van der Waals surface area contributed by atoms with Gasteiger partial charge in [-0.05, 0) is 19.8 Å². The van der Waals surface area contributed by atoms with Crippen LogP contribution in [0, 0.1) is 19.8 Å². The minimum Gasteiger partial charge on any atom is -0.476 e. The fourth-order valence-corrected chi connectivity index (χ4v) is 0.974. The summed E-state index contributed by atoms with van der Waals surface area (Å²) in [7, 11) is 0. The summed E-state index contributed by atoms with van der Waals surface area (Å²) in [4.78, 5) is 8.43. The second-order valence-electron chi connectivity index (χ2n) is 3.61. The fourth-order valence-electron chi connectivity index (χ4n) is 0.974. The molecule has 0 atom stereocenters. The minimum atomic E-state index is 0.516. The van der Waals surface area contributed by atoms with Gasteiger partial charge in [0.1, 0.15) is 0 Å². The Balaban J connectivity index is 2.67. The summed E-state index contributed by atoms with van der Waals surface area (Å²) < 4.78 is 5.48. The minimum absolute atomic E-state index is 0.516. The quantitative estimate of drug-likeness (QED) is 0.714. The molecule has 3 heteroatoms. The Morgan fingerprint density at radius 1 is 1.38 bits per heavy atom.